The van der Waals surface area contributed by atoms with Crippen LogP contribution in [0, 0.1) is 25.7 Å². The molecular formula is C29H47BFI4O4-. The minimum atomic E-state index is -0.941. The third-order valence-corrected chi connectivity index (χ3v) is 5.04. The molecule has 0 unspecified atom stereocenters. The van der Waals surface area contributed by atoms with Crippen LogP contribution in [-0.2, 0) is 9.59 Å². The van der Waals surface area contributed by atoms with Crippen molar-refractivity contribution in [1.29, 1.82) is 0 Å². The Morgan fingerprint density at radius 3 is 1.03 bits per heavy atom. The predicted octanol–water partition coefficient (Wildman–Crippen LogP) is 7.98. The number of carboxylic acid groups (broad SMARTS) is 2. The molecule has 3 rings (SSSR count). The minimum absolute atomic E-state index is 0.507. The van der Waals surface area contributed by atoms with Crippen LogP contribution in [0.3, 0.4) is 0 Å². The first-order chi connectivity index (χ1) is 18.5. The van der Waals surface area contributed by atoms with Crippen molar-refractivity contribution < 1.29 is 37.4 Å². The van der Waals surface area contributed by atoms with Gasteiger partial charge in [0.25, 0.3) is 0 Å². The second kappa shape index (κ2) is 29.8. The van der Waals surface area contributed by atoms with Crippen LogP contribution in [0.2, 0.25) is 6.82 Å². The maximum absolute atomic E-state index is 11.9. The summed E-state index contributed by atoms with van der Waals surface area (Å²) in [5.74, 6) is -4.35. The number of halogens is 5. The molecule has 0 heterocycles. The number of carbonyl (C=O) groups is 2. The van der Waals surface area contributed by atoms with Crippen molar-refractivity contribution in [2.24, 2.45) is 11.8 Å². The van der Waals surface area contributed by atoms with E-state index in [4.69, 9.17) is 0 Å². The van der Waals surface area contributed by atoms with E-state index in [1.807, 2.05) is 118 Å². The van der Waals surface area contributed by atoms with E-state index in [-0.39, 0.29) is 0 Å². The van der Waals surface area contributed by atoms with Crippen molar-refractivity contribution in [3.63, 3.8) is 0 Å². The first kappa shape index (κ1) is 46.3. The van der Waals surface area contributed by atoms with Gasteiger partial charge in [-0.05, 0) is 31.8 Å². The van der Waals surface area contributed by atoms with E-state index in [0.717, 1.165) is 22.3 Å². The first-order valence-corrected chi connectivity index (χ1v) is 27.1. The number of benzene rings is 2. The monoisotopic (exact) mass is 997 g/mol. The van der Waals surface area contributed by atoms with Gasteiger partial charge in [0.2, 0.25) is 0 Å². The molecule has 0 radical (unpaired) electrons. The molecule has 0 amide bonds. The fourth-order valence-corrected chi connectivity index (χ4v) is 3.77. The third kappa shape index (κ3) is 18.4. The zero-order chi connectivity index (χ0) is 31.7. The Morgan fingerprint density at radius 1 is 0.692 bits per heavy atom. The van der Waals surface area contributed by atoms with E-state index in [1.54, 1.807) is 22.4 Å². The maximum atomic E-state index is 11.9. The second-order valence-electron chi connectivity index (χ2n) is 7.17. The van der Waals surface area contributed by atoms with Gasteiger partial charge in [0, 0.05) is 11.8 Å². The summed E-state index contributed by atoms with van der Waals surface area (Å²) in [6.45, 7) is 21.4. The summed E-state index contributed by atoms with van der Waals surface area (Å²) in [5.41, 5.74) is 3.69. The van der Waals surface area contributed by atoms with Crippen molar-refractivity contribution in [1.82, 2.24) is 0 Å². The van der Waals surface area contributed by atoms with Gasteiger partial charge in [-0.25, -0.2) is 0 Å². The van der Waals surface area contributed by atoms with Gasteiger partial charge >= 0.3 is 67.3 Å². The molecule has 1 aliphatic rings. The van der Waals surface area contributed by atoms with Crippen molar-refractivity contribution in [2.75, 3.05) is 0 Å². The summed E-state index contributed by atoms with van der Waals surface area (Å²) >= 11 is 6.98. The van der Waals surface area contributed by atoms with Gasteiger partial charge in [-0.2, -0.15) is 0 Å². The zero-order valence-electron chi connectivity index (χ0n) is 25.1. The Hall–Kier alpha value is 0.295. The number of carboxylic acids is 2. The average molecular weight is 997 g/mol. The van der Waals surface area contributed by atoms with E-state index in [2.05, 4.69) is 37.2 Å². The molecule has 1 aliphatic carbocycles. The van der Waals surface area contributed by atoms with E-state index in [0.29, 0.717) is 13.3 Å². The van der Waals surface area contributed by atoms with Crippen LogP contribution >= 0.6 is 59.6 Å². The van der Waals surface area contributed by atoms with Gasteiger partial charge in [0.1, 0.15) is 0 Å². The molecule has 39 heavy (non-hydrogen) atoms. The zero-order valence-corrected chi connectivity index (χ0v) is 33.7. The van der Waals surface area contributed by atoms with Crippen molar-refractivity contribution >= 4 is 76.4 Å². The predicted molar refractivity (Wildman–Crippen MR) is 190 cm³/mol. The van der Waals surface area contributed by atoms with Crippen LogP contribution in [0.15, 0.2) is 48.5 Å². The average Bonchev–Trinajstić information content (AvgIpc) is 2.90. The van der Waals surface area contributed by atoms with Crippen LogP contribution in [-0.4, -0.2) is 27.0 Å². The summed E-state index contributed by atoms with van der Waals surface area (Å²) in [6, 6.07) is 15.0. The Balaban J connectivity index is -0.000000347. The van der Waals surface area contributed by atoms with Crippen LogP contribution in [0.4, 0.5) is 4.32 Å². The van der Waals surface area contributed by atoms with Gasteiger partial charge in [0.15, 0.2) is 0 Å². The molecule has 0 aliphatic heterocycles. The van der Waals surface area contributed by atoms with Crippen LogP contribution in [0.1, 0.15) is 89.5 Å². The van der Waals surface area contributed by atoms with Crippen molar-refractivity contribution in [3.05, 3.63) is 70.8 Å². The Kier molecular flexibility index (Phi) is 35.3. The van der Waals surface area contributed by atoms with E-state index in [1.165, 1.54) is 6.82 Å². The molecule has 2 aromatic carbocycles. The summed E-state index contributed by atoms with van der Waals surface area (Å²) < 4.78 is 11.0. The number of hydrogen-bond donors (Lipinski definition) is 2. The molecule has 0 saturated heterocycles. The molecule has 10 heteroatoms. The summed E-state index contributed by atoms with van der Waals surface area (Å²) in [5, 5.41) is 19.4. The van der Waals surface area contributed by atoms with Gasteiger partial charge in [-0.3, -0.25) is 9.59 Å². The molecule has 0 aromatic heterocycles. The Morgan fingerprint density at radius 2 is 0.872 bits per heavy atom. The molecule has 0 bridgehead atoms. The molecule has 1 fully saturated rings. The molecule has 0 atom stereocenters. The molecule has 2 aromatic rings. The number of rotatable bonds is 4. The molecular weight excluding hydrogens is 950 g/mol. The van der Waals surface area contributed by atoms with Crippen LogP contribution in [0.25, 0.3) is 0 Å². The van der Waals surface area contributed by atoms with Gasteiger partial charge in [-0.1, -0.05) is 115 Å². The summed E-state index contributed by atoms with van der Waals surface area (Å²) in [7, 11) is 0. The van der Waals surface area contributed by atoms with Gasteiger partial charge < -0.3 is 14.5 Å². The second-order valence-corrected chi connectivity index (χ2v) is 25.1. The Bertz CT molecular complexity index is 775. The summed E-state index contributed by atoms with van der Waals surface area (Å²) in [6.07, 6.45) is 0. The SMILES string of the molecule is CB(F)I.CC.CC.CC.CC.Cc1ccc(C2C(C(=O)O)C(c3ccc(C)cc3)C2C(=O)O)cc1.I[I-]I. The van der Waals surface area contributed by atoms with E-state index < -0.39 is 40.5 Å². The molecule has 1 saturated carbocycles. The molecule has 0 spiro atoms. The van der Waals surface area contributed by atoms with Crippen molar-refractivity contribution in [3.8, 4) is 0 Å². The standard InChI is InChI=1S/C20H20O4.4C2H6.CH3BFI.I3/c1-11-3-7-13(8-4-11)15-17(19(21)22)16(18(15)20(23)24)14-9-5-12(2)6-10-14;4*1-2;1-2(3)4;1-3-2/h3-10,15-18H,1-2H3,(H,21,22)(H,23,24);4*1-2H3;1H3;/q;;;;;;-1. The molecule has 2 N–H and O–H groups in total. The number of aryl methyl sites for hydroxylation is 2. The molecule has 4 nitrogen and oxygen atoms in total. The normalized spacial score (nSPS) is 17.7. The fourth-order valence-electron chi connectivity index (χ4n) is 3.77. The van der Waals surface area contributed by atoms with Crippen molar-refractivity contribution in [2.45, 2.75) is 87.9 Å². The number of aliphatic carboxylic acids is 2. The van der Waals surface area contributed by atoms with E-state index >= 15 is 0 Å². The third-order valence-electron chi connectivity index (χ3n) is 5.04. The topological polar surface area (TPSA) is 74.6 Å². The van der Waals surface area contributed by atoms with Crippen LogP contribution < -0.4 is 13.3 Å². The fraction of sp³-hybridized carbons (Fsp3) is 0.517. The first-order valence-electron chi connectivity index (χ1n) is 13.3. The quantitative estimate of drug-likeness (QED) is 0.241. The molecule has 226 valence electrons. The Labute approximate surface area is 281 Å². The van der Waals surface area contributed by atoms with E-state index in [9.17, 15) is 24.1 Å². The number of hydrogen-bond acceptors (Lipinski definition) is 2. The summed E-state index contributed by atoms with van der Waals surface area (Å²) in [4.78, 5) is 23.0. The van der Waals surface area contributed by atoms with Gasteiger partial charge in [0.05, 0.1) is 11.8 Å². The van der Waals surface area contributed by atoms with Crippen LogP contribution in [0.5, 0.6) is 0 Å². The van der Waals surface area contributed by atoms with Gasteiger partial charge in [-0.15, -0.1) is 22.4 Å².